The lowest BCUT2D eigenvalue weighted by Crippen LogP contribution is -2.42. The average molecular weight is 176 g/mol. The SMILES string of the molecule is CC.CC1CCCCN1N.CO. The largest absolute Gasteiger partial charge is 0.400 e. The molecule has 0 amide bonds. The maximum absolute atomic E-state index is 7.00. The van der Waals surface area contributed by atoms with Crippen LogP contribution in [0.5, 0.6) is 0 Å². The molecule has 1 heterocycles. The predicted molar refractivity (Wildman–Crippen MR) is 53.7 cm³/mol. The first-order valence-electron chi connectivity index (χ1n) is 4.77. The third kappa shape index (κ3) is 6.58. The van der Waals surface area contributed by atoms with Gasteiger partial charge in [-0.15, -0.1) is 0 Å². The van der Waals surface area contributed by atoms with E-state index in [0.29, 0.717) is 6.04 Å². The first-order valence-corrected chi connectivity index (χ1v) is 4.77. The molecule has 76 valence electrons. The quantitative estimate of drug-likeness (QED) is 0.548. The van der Waals surface area contributed by atoms with Crippen molar-refractivity contribution in [3.8, 4) is 0 Å². The van der Waals surface area contributed by atoms with Crippen LogP contribution in [0, 0.1) is 0 Å². The van der Waals surface area contributed by atoms with E-state index in [1.807, 2.05) is 18.9 Å². The van der Waals surface area contributed by atoms with Gasteiger partial charge in [-0.1, -0.05) is 20.3 Å². The van der Waals surface area contributed by atoms with Crippen molar-refractivity contribution in [2.24, 2.45) is 5.84 Å². The first-order chi connectivity index (χ1) is 5.80. The van der Waals surface area contributed by atoms with Gasteiger partial charge in [0, 0.05) is 19.7 Å². The molecule has 3 heteroatoms. The minimum absolute atomic E-state index is 0.615. The van der Waals surface area contributed by atoms with Crippen LogP contribution in [0.1, 0.15) is 40.0 Å². The molecule has 1 unspecified atom stereocenters. The third-order valence-corrected chi connectivity index (χ3v) is 1.85. The standard InChI is InChI=1S/C6H14N2.C2H6.CH4O/c1-6-4-2-3-5-8(6)7;2*1-2/h6H,2-5,7H2,1H3;1-2H3;2H,1H3. The zero-order chi connectivity index (χ0) is 9.98. The van der Waals surface area contributed by atoms with Crippen LogP contribution < -0.4 is 5.84 Å². The Morgan fingerprint density at radius 3 is 2.00 bits per heavy atom. The van der Waals surface area contributed by atoms with Gasteiger partial charge in [-0.2, -0.15) is 0 Å². The fourth-order valence-corrected chi connectivity index (χ4v) is 1.12. The smallest absolute Gasteiger partial charge is 0.0319 e. The minimum atomic E-state index is 0.615. The van der Waals surface area contributed by atoms with Crippen LogP contribution in [0.4, 0.5) is 0 Å². The molecule has 0 bridgehead atoms. The molecule has 1 aliphatic rings. The summed E-state index contributed by atoms with van der Waals surface area (Å²) in [4.78, 5) is 0. The summed E-state index contributed by atoms with van der Waals surface area (Å²) in [6.07, 6.45) is 3.91. The van der Waals surface area contributed by atoms with Gasteiger partial charge in [-0.3, -0.25) is 5.84 Å². The molecule has 0 spiro atoms. The number of aliphatic hydroxyl groups excluding tert-OH is 1. The molecule has 3 nitrogen and oxygen atoms in total. The molecule has 0 radical (unpaired) electrons. The van der Waals surface area contributed by atoms with Crippen molar-refractivity contribution in [3.63, 3.8) is 0 Å². The molecular formula is C9H24N2O. The second-order valence-electron chi connectivity index (χ2n) is 2.58. The molecule has 0 aromatic heterocycles. The highest BCUT2D eigenvalue weighted by Gasteiger charge is 2.13. The number of piperidine rings is 1. The van der Waals surface area contributed by atoms with E-state index in [4.69, 9.17) is 10.9 Å². The van der Waals surface area contributed by atoms with Crippen molar-refractivity contribution in [1.82, 2.24) is 5.01 Å². The number of hydrogen-bond acceptors (Lipinski definition) is 3. The van der Waals surface area contributed by atoms with Gasteiger partial charge in [0.15, 0.2) is 0 Å². The molecule has 1 atom stereocenters. The van der Waals surface area contributed by atoms with E-state index in [9.17, 15) is 0 Å². The zero-order valence-corrected chi connectivity index (χ0v) is 8.88. The van der Waals surface area contributed by atoms with Crippen molar-refractivity contribution in [2.45, 2.75) is 46.1 Å². The van der Waals surface area contributed by atoms with E-state index in [2.05, 4.69) is 6.92 Å². The highest BCUT2D eigenvalue weighted by atomic mass is 16.2. The van der Waals surface area contributed by atoms with Crippen LogP contribution in [0.15, 0.2) is 0 Å². The second-order valence-corrected chi connectivity index (χ2v) is 2.58. The van der Waals surface area contributed by atoms with Gasteiger partial charge in [0.25, 0.3) is 0 Å². The molecule has 0 saturated carbocycles. The number of hydrogen-bond donors (Lipinski definition) is 2. The summed E-state index contributed by atoms with van der Waals surface area (Å²) in [5.74, 6) is 5.61. The Morgan fingerprint density at radius 2 is 1.75 bits per heavy atom. The fraction of sp³-hybridized carbons (Fsp3) is 1.00. The highest BCUT2D eigenvalue weighted by molar-refractivity contribution is 4.66. The number of nitrogens with zero attached hydrogens (tertiary/aromatic N) is 1. The van der Waals surface area contributed by atoms with Crippen molar-refractivity contribution in [1.29, 1.82) is 0 Å². The van der Waals surface area contributed by atoms with Crippen LogP contribution in [0.2, 0.25) is 0 Å². The third-order valence-electron chi connectivity index (χ3n) is 1.85. The molecule has 0 aromatic rings. The molecule has 1 rings (SSSR count). The molecule has 0 aromatic carbocycles. The van der Waals surface area contributed by atoms with Crippen LogP contribution in [0.25, 0.3) is 0 Å². The van der Waals surface area contributed by atoms with E-state index >= 15 is 0 Å². The average Bonchev–Trinajstić information content (AvgIpc) is 2.17. The van der Waals surface area contributed by atoms with Crippen LogP contribution in [-0.4, -0.2) is 29.8 Å². The van der Waals surface area contributed by atoms with Gasteiger partial charge in [-0.25, -0.2) is 5.01 Å². The van der Waals surface area contributed by atoms with Gasteiger partial charge in [-0.05, 0) is 19.8 Å². The van der Waals surface area contributed by atoms with E-state index in [0.717, 1.165) is 13.7 Å². The lowest BCUT2D eigenvalue weighted by atomic mass is 10.1. The van der Waals surface area contributed by atoms with Gasteiger partial charge in [0.1, 0.15) is 0 Å². The van der Waals surface area contributed by atoms with Crippen LogP contribution >= 0.6 is 0 Å². The summed E-state index contributed by atoms with van der Waals surface area (Å²) in [5.41, 5.74) is 0. The van der Waals surface area contributed by atoms with E-state index in [1.165, 1.54) is 19.3 Å². The molecule has 1 aliphatic heterocycles. The van der Waals surface area contributed by atoms with E-state index < -0.39 is 0 Å². The maximum Gasteiger partial charge on any atom is 0.0319 e. The molecular weight excluding hydrogens is 152 g/mol. The molecule has 1 saturated heterocycles. The van der Waals surface area contributed by atoms with Crippen molar-refractivity contribution in [3.05, 3.63) is 0 Å². The predicted octanol–water partition coefficient (Wildman–Crippen LogP) is 1.37. The minimum Gasteiger partial charge on any atom is -0.400 e. The highest BCUT2D eigenvalue weighted by Crippen LogP contribution is 2.11. The molecule has 1 fully saturated rings. The Bertz CT molecular complexity index is 68.9. The number of nitrogens with two attached hydrogens (primary N) is 1. The van der Waals surface area contributed by atoms with Gasteiger partial charge in [0.2, 0.25) is 0 Å². The normalized spacial score (nSPS) is 23.0. The van der Waals surface area contributed by atoms with Crippen molar-refractivity contribution >= 4 is 0 Å². The van der Waals surface area contributed by atoms with Gasteiger partial charge in [0.05, 0.1) is 0 Å². The molecule has 0 aliphatic carbocycles. The first kappa shape index (κ1) is 14.4. The van der Waals surface area contributed by atoms with Crippen molar-refractivity contribution < 1.29 is 5.11 Å². The van der Waals surface area contributed by atoms with E-state index in [-0.39, 0.29) is 0 Å². The molecule has 12 heavy (non-hydrogen) atoms. The van der Waals surface area contributed by atoms with Crippen LogP contribution in [-0.2, 0) is 0 Å². The summed E-state index contributed by atoms with van der Waals surface area (Å²) in [6, 6.07) is 0.615. The topological polar surface area (TPSA) is 49.5 Å². The Hall–Kier alpha value is -0.120. The zero-order valence-electron chi connectivity index (χ0n) is 8.88. The lowest BCUT2D eigenvalue weighted by Gasteiger charge is -2.28. The lowest BCUT2D eigenvalue weighted by molar-refractivity contribution is 0.164. The Kier molecular flexibility index (Phi) is 13.1. The van der Waals surface area contributed by atoms with Gasteiger partial charge >= 0.3 is 0 Å². The van der Waals surface area contributed by atoms with Gasteiger partial charge < -0.3 is 5.11 Å². The second kappa shape index (κ2) is 10.9. The molecule has 3 N–H and O–H groups in total. The van der Waals surface area contributed by atoms with E-state index in [1.54, 1.807) is 0 Å². The van der Waals surface area contributed by atoms with Crippen molar-refractivity contribution in [2.75, 3.05) is 13.7 Å². The number of rotatable bonds is 0. The Morgan fingerprint density at radius 1 is 1.25 bits per heavy atom. The Labute approximate surface area is 76.5 Å². The Balaban J connectivity index is 0. The number of hydrazine groups is 1. The maximum atomic E-state index is 7.00. The number of aliphatic hydroxyl groups is 1. The fourth-order valence-electron chi connectivity index (χ4n) is 1.12. The summed E-state index contributed by atoms with van der Waals surface area (Å²) in [6.45, 7) is 7.26. The monoisotopic (exact) mass is 176 g/mol. The summed E-state index contributed by atoms with van der Waals surface area (Å²) in [5, 5.41) is 8.93. The van der Waals surface area contributed by atoms with Crippen LogP contribution in [0.3, 0.4) is 0 Å². The summed E-state index contributed by atoms with van der Waals surface area (Å²) < 4.78 is 0. The summed E-state index contributed by atoms with van der Waals surface area (Å²) >= 11 is 0. The summed E-state index contributed by atoms with van der Waals surface area (Å²) in [7, 11) is 1.00.